The van der Waals surface area contributed by atoms with Crippen molar-refractivity contribution in [1.82, 2.24) is 14.4 Å². The highest BCUT2D eigenvalue weighted by atomic mass is 15.0. The van der Waals surface area contributed by atoms with Crippen molar-refractivity contribution in [2.75, 3.05) is 0 Å². The Morgan fingerprint density at radius 3 is 2.69 bits per heavy atom. The molecular weight excluding hydrogens is 162 g/mol. The fourth-order valence-electron chi connectivity index (χ4n) is 1.37. The van der Waals surface area contributed by atoms with Gasteiger partial charge in [-0.05, 0) is 6.07 Å². The number of rotatable bonds is 0. The van der Waals surface area contributed by atoms with Crippen LogP contribution in [0.25, 0.3) is 5.65 Å². The molecule has 2 aromatic rings. The third kappa shape index (κ3) is 1.30. The van der Waals surface area contributed by atoms with E-state index in [9.17, 15) is 0 Å². The Balaban J connectivity index is 2.72. The van der Waals surface area contributed by atoms with Crippen LogP contribution in [0, 0.1) is 0 Å². The zero-order valence-corrected chi connectivity index (χ0v) is 8.15. The van der Waals surface area contributed by atoms with E-state index < -0.39 is 0 Å². The largest absolute Gasteiger partial charge is 0.290 e. The molecule has 0 N–H and O–H groups in total. The second-order valence-electron chi connectivity index (χ2n) is 4.19. The molecule has 0 aliphatic heterocycles. The summed E-state index contributed by atoms with van der Waals surface area (Å²) in [5.74, 6) is 0. The van der Waals surface area contributed by atoms with Gasteiger partial charge in [0.25, 0.3) is 0 Å². The summed E-state index contributed by atoms with van der Waals surface area (Å²) in [7, 11) is 0. The van der Waals surface area contributed by atoms with E-state index in [2.05, 4.69) is 30.7 Å². The Hall–Kier alpha value is -1.38. The van der Waals surface area contributed by atoms with Gasteiger partial charge in [0.05, 0.1) is 5.69 Å². The molecule has 68 valence electrons. The standard InChI is InChI=1S/C10H13N3/c1-10(2,3)8-9-11-5-4-6-13(9)7-12-8/h4-7H,1-3H3. The predicted octanol–water partition coefficient (Wildman–Crippen LogP) is 2.03. The van der Waals surface area contributed by atoms with E-state index in [1.54, 1.807) is 6.20 Å². The van der Waals surface area contributed by atoms with Crippen LogP contribution in [-0.4, -0.2) is 14.4 Å². The number of aromatic nitrogens is 3. The van der Waals surface area contributed by atoms with Crippen molar-refractivity contribution in [1.29, 1.82) is 0 Å². The Bertz CT molecular complexity index is 423. The molecule has 0 aliphatic rings. The maximum atomic E-state index is 4.37. The van der Waals surface area contributed by atoms with E-state index in [4.69, 9.17) is 0 Å². The topological polar surface area (TPSA) is 30.2 Å². The summed E-state index contributed by atoms with van der Waals surface area (Å²) in [5, 5.41) is 0. The molecule has 0 saturated carbocycles. The Morgan fingerprint density at radius 1 is 1.23 bits per heavy atom. The van der Waals surface area contributed by atoms with E-state index in [1.165, 1.54) is 0 Å². The van der Waals surface area contributed by atoms with Gasteiger partial charge in [-0.1, -0.05) is 20.8 Å². The summed E-state index contributed by atoms with van der Waals surface area (Å²) in [5.41, 5.74) is 2.06. The van der Waals surface area contributed by atoms with Gasteiger partial charge in [-0.2, -0.15) is 0 Å². The van der Waals surface area contributed by atoms with Gasteiger partial charge in [-0.3, -0.25) is 4.40 Å². The average molecular weight is 175 g/mol. The number of nitrogens with zero attached hydrogens (tertiary/aromatic N) is 3. The molecule has 3 heteroatoms. The Kier molecular flexibility index (Phi) is 1.62. The maximum Gasteiger partial charge on any atom is 0.160 e. The lowest BCUT2D eigenvalue weighted by atomic mass is 9.92. The molecule has 0 saturated heterocycles. The summed E-state index contributed by atoms with van der Waals surface area (Å²) in [6.45, 7) is 6.43. The van der Waals surface area contributed by atoms with Crippen LogP contribution in [0.1, 0.15) is 26.5 Å². The van der Waals surface area contributed by atoms with Crippen LogP contribution < -0.4 is 0 Å². The minimum Gasteiger partial charge on any atom is -0.290 e. The van der Waals surface area contributed by atoms with Crippen molar-refractivity contribution in [3.05, 3.63) is 30.5 Å². The predicted molar refractivity (Wildman–Crippen MR) is 51.7 cm³/mol. The van der Waals surface area contributed by atoms with Crippen molar-refractivity contribution in [3.63, 3.8) is 0 Å². The number of hydrogen-bond acceptors (Lipinski definition) is 2. The van der Waals surface area contributed by atoms with Gasteiger partial charge in [0, 0.05) is 17.8 Å². The quantitative estimate of drug-likeness (QED) is 0.613. The minimum atomic E-state index is 0.0586. The van der Waals surface area contributed by atoms with Crippen molar-refractivity contribution < 1.29 is 0 Å². The van der Waals surface area contributed by atoms with Gasteiger partial charge in [0.2, 0.25) is 0 Å². The third-order valence-corrected chi connectivity index (χ3v) is 2.01. The first kappa shape index (κ1) is 8.23. The lowest BCUT2D eigenvalue weighted by Gasteiger charge is -2.14. The molecule has 0 radical (unpaired) electrons. The lowest BCUT2D eigenvalue weighted by molar-refractivity contribution is 0.576. The van der Waals surface area contributed by atoms with Crippen LogP contribution in [0.3, 0.4) is 0 Å². The summed E-state index contributed by atoms with van der Waals surface area (Å²) >= 11 is 0. The molecule has 2 heterocycles. The third-order valence-electron chi connectivity index (χ3n) is 2.01. The first-order valence-corrected chi connectivity index (χ1v) is 4.37. The number of fused-ring (bicyclic) bond motifs is 1. The van der Waals surface area contributed by atoms with E-state index in [1.807, 2.05) is 23.0 Å². The van der Waals surface area contributed by atoms with Gasteiger partial charge >= 0.3 is 0 Å². The SMILES string of the molecule is CC(C)(C)c1ncn2cccnc12. The second kappa shape index (κ2) is 2.55. The molecule has 0 unspecified atom stereocenters. The Labute approximate surface area is 77.4 Å². The minimum absolute atomic E-state index is 0.0586. The molecule has 2 rings (SSSR count). The number of imidazole rings is 1. The molecular formula is C10H13N3. The van der Waals surface area contributed by atoms with Crippen LogP contribution in [0.5, 0.6) is 0 Å². The van der Waals surface area contributed by atoms with E-state index in [0.717, 1.165) is 11.3 Å². The smallest absolute Gasteiger partial charge is 0.160 e. The molecule has 0 spiro atoms. The molecule has 3 nitrogen and oxygen atoms in total. The van der Waals surface area contributed by atoms with Crippen LogP contribution in [0.4, 0.5) is 0 Å². The molecule has 0 bridgehead atoms. The van der Waals surface area contributed by atoms with E-state index in [0.29, 0.717) is 0 Å². The van der Waals surface area contributed by atoms with E-state index >= 15 is 0 Å². The van der Waals surface area contributed by atoms with Crippen LogP contribution in [0.2, 0.25) is 0 Å². The molecule has 0 amide bonds. The molecule has 2 aromatic heterocycles. The fourth-order valence-corrected chi connectivity index (χ4v) is 1.37. The first-order valence-electron chi connectivity index (χ1n) is 4.37. The van der Waals surface area contributed by atoms with Gasteiger partial charge in [-0.15, -0.1) is 0 Å². The normalized spacial score (nSPS) is 12.2. The van der Waals surface area contributed by atoms with Crippen molar-refractivity contribution in [2.24, 2.45) is 0 Å². The van der Waals surface area contributed by atoms with Gasteiger partial charge in [0.15, 0.2) is 5.65 Å². The molecule has 0 fully saturated rings. The average Bonchev–Trinajstić information content (AvgIpc) is 2.45. The molecule has 0 atom stereocenters. The van der Waals surface area contributed by atoms with Crippen molar-refractivity contribution in [2.45, 2.75) is 26.2 Å². The molecule has 0 aromatic carbocycles. The summed E-state index contributed by atoms with van der Waals surface area (Å²) in [6.07, 6.45) is 5.57. The van der Waals surface area contributed by atoms with Crippen LogP contribution >= 0.6 is 0 Å². The lowest BCUT2D eigenvalue weighted by Crippen LogP contribution is -2.12. The van der Waals surface area contributed by atoms with Gasteiger partial charge in [0.1, 0.15) is 6.33 Å². The van der Waals surface area contributed by atoms with Crippen molar-refractivity contribution >= 4 is 5.65 Å². The highest BCUT2D eigenvalue weighted by molar-refractivity contribution is 5.46. The van der Waals surface area contributed by atoms with Gasteiger partial charge < -0.3 is 0 Å². The zero-order chi connectivity index (χ0) is 9.47. The fraction of sp³-hybridized carbons (Fsp3) is 0.400. The molecule has 13 heavy (non-hydrogen) atoms. The highest BCUT2D eigenvalue weighted by Crippen LogP contribution is 2.23. The molecule has 0 aliphatic carbocycles. The highest BCUT2D eigenvalue weighted by Gasteiger charge is 2.20. The first-order chi connectivity index (χ1) is 6.09. The summed E-state index contributed by atoms with van der Waals surface area (Å²) in [4.78, 5) is 8.68. The van der Waals surface area contributed by atoms with E-state index in [-0.39, 0.29) is 5.41 Å². The van der Waals surface area contributed by atoms with Gasteiger partial charge in [-0.25, -0.2) is 9.97 Å². The van der Waals surface area contributed by atoms with Crippen molar-refractivity contribution in [3.8, 4) is 0 Å². The maximum absolute atomic E-state index is 4.37. The Morgan fingerprint density at radius 2 is 2.00 bits per heavy atom. The second-order valence-corrected chi connectivity index (χ2v) is 4.19. The zero-order valence-electron chi connectivity index (χ0n) is 8.15. The summed E-state index contributed by atoms with van der Waals surface area (Å²) < 4.78 is 1.95. The summed E-state index contributed by atoms with van der Waals surface area (Å²) in [6, 6.07) is 1.90. The van der Waals surface area contributed by atoms with Crippen LogP contribution in [-0.2, 0) is 5.41 Å². The monoisotopic (exact) mass is 175 g/mol. The number of hydrogen-bond donors (Lipinski definition) is 0. The van der Waals surface area contributed by atoms with Crippen LogP contribution in [0.15, 0.2) is 24.8 Å².